The summed E-state index contributed by atoms with van der Waals surface area (Å²) < 4.78 is 5.57. The highest BCUT2D eigenvalue weighted by atomic mass is 16.5. The zero-order valence-electron chi connectivity index (χ0n) is 14.1. The first-order chi connectivity index (χ1) is 11.2. The Morgan fingerprint density at radius 2 is 1.96 bits per heavy atom. The molecule has 0 spiro atoms. The minimum Gasteiger partial charge on any atom is -0.484 e. The molecule has 1 N–H and O–H groups in total. The Kier molecular flexibility index (Phi) is 5.55. The number of amides is 1. The molecule has 23 heavy (non-hydrogen) atoms. The van der Waals surface area contributed by atoms with Gasteiger partial charge >= 0.3 is 0 Å². The van der Waals surface area contributed by atoms with Gasteiger partial charge in [0.25, 0.3) is 5.91 Å². The topological polar surface area (TPSA) is 41.6 Å². The zero-order valence-corrected chi connectivity index (χ0v) is 14.1. The van der Waals surface area contributed by atoms with Crippen molar-refractivity contribution in [3.8, 4) is 5.75 Å². The molecule has 1 saturated carbocycles. The number of nitrogens with one attached hydrogen (secondary N) is 1. The van der Waals surface area contributed by atoms with Gasteiger partial charge < -0.3 is 15.0 Å². The Morgan fingerprint density at radius 1 is 1.22 bits per heavy atom. The van der Waals surface area contributed by atoms with Gasteiger partial charge in [0, 0.05) is 25.2 Å². The van der Waals surface area contributed by atoms with E-state index in [1.807, 2.05) is 31.2 Å². The minimum atomic E-state index is -0.00850. The molecule has 0 atom stereocenters. The summed E-state index contributed by atoms with van der Waals surface area (Å²) in [5.74, 6) is 0.752. The van der Waals surface area contributed by atoms with Crippen LogP contribution in [0.3, 0.4) is 0 Å². The van der Waals surface area contributed by atoms with Crippen molar-refractivity contribution in [1.29, 1.82) is 0 Å². The number of piperidine rings is 1. The maximum Gasteiger partial charge on any atom is 0.258 e. The molecule has 4 heteroatoms. The summed E-state index contributed by atoms with van der Waals surface area (Å²) in [5.41, 5.74) is 1.14. The normalized spacial score (nSPS) is 20.6. The second-order valence-electron chi connectivity index (χ2n) is 6.92. The highest BCUT2D eigenvalue weighted by Gasteiger charge is 2.27. The molecule has 1 saturated heterocycles. The van der Waals surface area contributed by atoms with Gasteiger partial charge in [-0.05, 0) is 50.3 Å². The molecular formula is C19H28N2O2. The molecule has 4 nitrogen and oxygen atoms in total. The van der Waals surface area contributed by atoms with E-state index >= 15 is 0 Å². The van der Waals surface area contributed by atoms with E-state index in [0.717, 1.165) is 43.3 Å². The third kappa shape index (κ3) is 4.71. The first kappa shape index (κ1) is 16.3. The lowest BCUT2D eigenvalue weighted by Gasteiger charge is -2.36. The summed E-state index contributed by atoms with van der Waals surface area (Å²) >= 11 is 0. The lowest BCUT2D eigenvalue weighted by atomic mass is 10.0. The van der Waals surface area contributed by atoms with E-state index < -0.39 is 0 Å². The average molecular weight is 316 g/mol. The van der Waals surface area contributed by atoms with Crippen molar-refractivity contribution in [2.45, 2.75) is 57.5 Å². The monoisotopic (exact) mass is 316 g/mol. The predicted octanol–water partition coefficient (Wildman–Crippen LogP) is 2.90. The number of rotatable bonds is 5. The number of carbonyl (C=O) groups excluding carboxylic acids is 1. The van der Waals surface area contributed by atoms with Crippen LogP contribution in [0.5, 0.6) is 5.75 Å². The Hall–Kier alpha value is -1.55. The predicted molar refractivity (Wildman–Crippen MR) is 91.7 cm³/mol. The fourth-order valence-corrected chi connectivity index (χ4v) is 3.80. The summed E-state index contributed by atoms with van der Waals surface area (Å²) in [6, 6.07) is 8.91. The SMILES string of the molecule is Cc1cccc(OCC(=O)NC2CCN(C3CCCC3)CC2)c1. The summed E-state index contributed by atoms with van der Waals surface area (Å²) in [5, 5.41) is 3.12. The number of hydrogen-bond acceptors (Lipinski definition) is 3. The van der Waals surface area contributed by atoms with Gasteiger partial charge in [0.15, 0.2) is 6.61 Å². The third-order valence-electron chi connectivity index (χ3n) is 5.10. The molecule has 0 unspecified atom stereocenters. The van der Waals surface area contributed by atoms with Crippen LogP contribution in [0.2, 0.25) is 0 Å². The van der Waals surface area contributed by atoms with E-state index in [4.69, 9.17) is 4.74 Å². The lowest BCUT2D eigenvalue weighted by molar-refractivity contribution is -0.124. The van der Waals surface area contributed by atoms with Crippen LogP contribution in [0.15, 0.2) is 24.3 Å². The van der Waals surface area contributed by atoms with Gasteiger partial charge in [0.2, 0.25) is 0 Å². The summed E-state index contributed by atoms with van der Waals surface area (Å²) in [4.78, 5) is 14.7. The van der Waals surface area contributed by atoms with Crippen molar-refractivity contribution < 1.29 is 9.53 Å². The van der Waals surface area contributed by atoms with Gasteiger partial charge in [0.1, 0.15) is 5.75 Å². The number of nitrogens with zero attached hydrogens (tertiary/aromatic N) is 1. The maximum atomic E-state index is 12.1. The summed E-state index contributed by atoms with van der Waals surface area (Å²) in [7, 11) is 0. The number of carbonyl (C=O) groups is 1. The minimum absolute atomic E-state index is 0.00850. The van der Waals surface area contributed by atoms with Gasteiger partial charge in [-0.1, -0.05) is 25.0 Å². The van der Waals surface area contributed by atoms with Crippen LogP contribution in [0.4, 0.5) is 0 Å². The van der Waals surface area contributed by atoms with E-state index in [2.05, 4.69) is 10.2 Å². The summed E-state index contributed by atoms with van der Waals surface area (Å²) in [6.45, 7) is 4.36. The fraction of sp³-hybridized carbons (Fsp3) is 0.632. The highest BCUT2D eigenvalue weighted by molar-refractivity contribution is 5.77. The van der Waals surface area contributed by atoms with Gasteiger partial charge in [-0.15, -0.1) is 0 Å². The number of benzene rings is 1. The molecule has 3 rings (SSSR count). The van der Waals surface area contributed by atoms with Crippen LogP contribution >= 0.6 is 0 Å². The fourth-order valence-electron chi connectivity index (χ4n) is 3.80. The number of aryl methyl sites for hydroxylation is 1. The Morgan fingerprint density at radius 3 is 2.65 bits per heavy atom. The van der Waals surface area contributed by atoms with Crippen molar-refractivity contribution in [1.82, 2.24) is 10.2 Å². The van der Waals surface area contributed by atoms with Crippen molar-refractivity contribution in [3.05, 3.63) is 29.8 Å². The molecule has 1 heterocycles. The van der Waals surface area contributed by atoms with Crippen molar-refractivity contribution >= 4 is 5.91 Å². The van der Waals surface area contributed by atoms with Gasteiger partial charge in [-0.25, -0.2) is 0 Å². The Bertz CT molecular complexity index is 518. The van der Waals surface area contributed by atoms with Gasteiger partial charge in [-0.2, -0.15) is 0 Å². The third-order valence-corrected chi connectivity index (χ3v) is 5.10. The highest BCUT2D eigenvalue weighted by Crippen LogP contribution is 2.26. The van der Waals surface area contributed by atoms with Crippen LogP contribution < -0.4 is 10.1 Å². The Balaban J connectivity index is 1.37. The smallest absolute Gasteiger partial charge is 0.258 e. The largest absolute Gasteiger partial charge is 0.484 e. The van der Waals surface area contributed by atoms with E-state index in [1.165, 1.54) is 25.7 Å². The second-order valence-corrected chi connectivity index (χ2v) is 6.92. The average Bonchev–Trinajstić information content (AvgIpc) is 3.08. The van der Waals surface area contributed by atoms with Gasteiger partial charge in [-0.3, -0.25) is 4.79 Å². The molecule has 126 valence electrons. The standard InChI is InChI=1S/C19H28N2O2/c1-15-5-4-8-18(13-15)23-14-19(22)20-16-9-11-21(12-10-16)17-6-2-3-7-17/h4-5,8,13,16-17H,2-3,6-7,9-12,14H2,1H3,(H,20,22). The number of ether oxygens (including phenoxy) is 1. The first-order valence-electron chi connectivity index (χ1n) is 8.93. The molecule has 0 radical (unpaired) electrons. The molecular weight excluding hydrogens is 288 g/mol. The maximum absolute atomic E-state index is 12.1. The summed E-state index contributed by atoms with van der Waals surface area (Å²) in [6.07, 6.45) is 7.62. The van der Waals surface area contributed by atoms with Crippen LogP contribution in [-0.4, -0.2) is 42.6 Å². The zero-order chi connectivity index (χ0) is 16.1. The van der Waals surface area contributed by atoms with Crippen LogP contribution in [0.25, 0.3) is 0 Å². The molecule has 0 aromatic heterocycles. The molecule has 1 aromatic carbocycles. The van der Waals surface area contributed by atoms with Crippen molar-refractivity contribution in [2.75, 3.05) is 19.7 Å². The molecule has 2 aliphatic rings. The molecule has 1 aliphatic carbocycles. The second kappa shape index (κ2) is 7.82. The quantitative estimate of drug-likeness (QED) is 0.908. The number of likely N-dealkylation sites (tertiary alicyclic amines) is 1. The van der Waals surface area contributed by atoms with E-state index in [0.29, 0.717) is 6.04 Å². The van der Waals surface area contributed by atoms with E-state index in [-0.39, 0.29) is 12.5 Å². The van der Waals surface area contributed by atoms with Gasteiger partial charge in [0.05, 0.1) is 0 Å². The van der Waals surface area contributed by atoms with Crippen molar-refractivity contribution in [2.24, 2.45) is 0 Å². The first-order valence-corrected chi connectivity index (χ1v) is 8.93. The lowest BCUT2D eigenvalue weighted by Crippen LogP contribution is -2.48. The number of hydrogen-bond donors (Lipinski definition) is 1. The van der Waals surface area contributed by atoms with Crippen LogP contribution in [-0.2, 0) is 4.79 Å². The van der Waals surface area contributed by atoms with E-state index in [9.17, 15) is 4.79 Å². The Labute approximate surface area is 139 Å². The molecule has 1 amide bonds. The molecule has 0 bridgehead atoms. The molecule has 1 aromatic rings. The molecule has 2 fully saturated rings. The molecule has 1 aliphatic heterocycles. The van der Waals surface area contributed by atoms with E-state index in [1.54, 1.807) is 0 Å². The van der Waals surface area contributed by atoms with Crippen molar-refractivity contribution in [3.63, 3.8) is 0 Å². The van der Waals surface area contributed by atoms with Crippen LogP contribution in [0.1, 0.15) is 44.1 Å². The van der Waals surface area contributed by atoms with Crippen LogP contribution in [0, 0.1) is 6.92 Å².